The number of hydrogen-bond acceptors (Lipinski definition) is 9. The first-order chi connectivity index (χ1) is 17.6. The minimum Gasteiger partial charge on any atom is -0.368 e. The van der Waals surface area contributed by atoms with Crippen LogP contribution >= 0.6 is 0 Å². The molecule has 0 amide bonds. The maximum atomic E-state index is 10.8. The van der Waals surface area contributed by atoms with E-state index < -0.39 is 6.04 Å². The molecule has 1 N–H and O–H groups in total. The molecule has 0 radical (unpaired) electrons. The number of carbonyl (C=O) groups is 1. The first-order valence-electron chi connectivity index (χ1n) is 11.9. The quantitative estimate of drug-likeness (QED) is 0.392. The Morgan fingerprint density at radius 1 is 1.17 bits per heavy atom. The lowest BCUT2D eigenvalue weighted by molar-refractivity contribution is -0.108. The maximum absolute atomic E-state index is 10.8. The van der Waals surface area contributed by atoms with Crippen LogP contribution in [0.4, 0.5) is 5.69 Å². The van der Waals surface area contributed by atoms with Crippen LogP contribution in [0.1, 0.15) is 56.2 Å². The van der Waals surface area contributed by atoms with Gasteiger partial charge >= 0.3 is 0 Å². The highest BCUT2D eigenvalue weighted by Gasteiger charge is 2.25. The van der Waals surface area contributed by atoms with Gasteiger partial charge in [-0.15, -0.1) is 5.10 Å². The summed E-state index contributed by atoms with van der Waals surface area (Å²) in [4.78, 5) is 19.8. The molecule has 5 rings (SSSR count). The summed E-state index contributed by atoms with van der Waals surface area (Å²) in [5.41, 5.74) is 3.25. The summed E-state index contributed by atoms with van der Waals surface area (Å²) in [5.74, 6) is 1.28. The van der Waals surface area contributed by atoms with Crippen LogP contribution in [0.5, 0.6) is 0 Å². The number of aldehydes is 1. The zero-order valence-corrected chi connectivity index (χ0v) is 19.7. The predicted octanol–water partition coefficient (Wildman–Crippen LogP) is 3.45. The summed E-state index contributed by atoms with van der Waals surface area (Å²) in [5, 5.41) is 35.6. The number of aromatic nitrogens is 7. The van der Waals surface area contributed by atoms with Crippen molar-refractivity contribution in [2.24, 2.45) is 5.92 Å². The van der Waals surface area contributed by atoms with Gasteiger partial charge in [0.05, 0.1) is 41.6 Å². The number of rotatable bonds is 7. The van der Waals surface area contributed by atoms with Crippen LogP contribution in [-0.4, -0.2) is 47.1 Å². The Hall–Kier alpha value is -4.64. The smallest absolute Gasteiger partial charge is 0.164 e. The van der Waals surface area contributed by atoms with Crippen LogP contribution in [0, 0.1) is 28.6 Å². The first-order valence-corrected chi connectivity index (χ1v) is 11.9. The second kappa shape index (κ2) is 9.92. The molecule has 1 unspecified atom stereocenters. The van der Waals surface area contributed by atoms with Crippen molar-refractivity contribution < 1.29 is 4.79 Å². The molecule has 4 aromatic heterocycles. The molecule has 1 saturated carbocycles. The van der Waals surface area contributed by atoms with Crippen molar-refractivity contribution in [1.82, 2.24) is 34.7 Å². The third-order valence-electron chi connectivity index (χ3n) is 6.64. The number of nitriles is 2. The highest BCUT2D eigenvalue weighted by Crippen LogP contribution is 2.36. The number of carbonyl (C=O) groups excluding carboxylic acids is 1. The zero-order valence-electron chi connectivity index (χ0n) is 19.7. The number of pyridine rings is 2. The average molecular weight is 481 g/mol. The fourth-order valence-electron chi connectivity index (χ4n) is 4.68. The Balaban J connectivity index is 1.46. The van der Waals surface area contributed by atoms with Gasteiger partial charge in [0.1, 0.15) is 24.1 Å². The monoisotopic (exact) mass is 480 g/mol. The van der Waals surface area contributed by atoms with Crippen LogP contribution in [0.25, 0.3) is 22.5 Å². The number of nitrogens with one attached hydrogen (secondary N) is 1. The first kappa shape index (κ1) is 23.1. The fourth-order valence-corrected chi connectivity index (χ4v) is 4.68. The Morgan fingerprint density at radius 2 is 2.00 bits per heavy atom. The molecule has 0 spiro atoms. The molecule has 0 bridgehead atoms. The lowest BCUT2D eigenvalue weighted by Crippen LogP contribution is -2.15. The van der Waals surface area contributed by atoms with Crippen LogP contribution in [-0.2, 0) is 4.79 Å². The summed E-state index contributed by atoms with van der Waals surface area (Å²) < 4.78 is 3.27. The SMILES string of the molecule is CC(C#N)Nc1cc(-n2ncc3cc(C#N)cnc32)ncc1-n1cc(C2CCC(CC=O)CC2)nn1. The highest BCUT2D eigenvalue weighted by molar-refractivity contribution is 5.77. The van der Waals surface area contributed by atoms with Crippen LogP contribution in [0.2, 0.25) is 0 Å². The number of hydrogen-bond donors (Lipinski definition) is 1. The van der Waals surface area contributed by atoms with Crippen molar-refractivity contribution in [2.75, 3.05) is 5.32 Å². The van der Waals surface area contributed by atoms with E-state index in [1.165, 1.54) is 6.20 Å². The minimum atomic E-state index is -0.458. The van der Waals surface area contributed by atoms with Crippen molar-refractivity contribution in [2.45, 2.75) is 51.0 Å². The van der Waals surface area contributed by atoms with E-state index in [1.807, 2.05) is 6.20 Å². The van der Waals surface area contributed by atoms with Crippen molar-refractivity contribution in [1.29, 1.82) is 10.5 Å². The van der Waals surface area contributed by atoms with E-state index in [1.54, 1.807) is 40.8 Å². The highest BCUT2D eigenvalue weighted by atomic mass is 16.1. The number of fused-ring (bicyclic) bond motifs is 1. The Morgan fingerprint density at radius 3 is 2.75 bits per heavy atom. The Labute approximate surface area is 207 Å². The zero-order chi connectivity index (χ0) is 25.1. The standard InChI is InChI=1S/C25H24N10O/c1-16(10-26)31-21-9-24(35-25-20(13-30-35)8-18(11-27)12-29-25)28-14-23(21)34-15-22(32-33-34)19-4-2-17(3-5-19)6-7-36/h7-9,12-17,19H,2-6H2,1H3,(H,28,31). The van der Waals surface area contributed by atoms with E-state index in [-0.39, 0.29) is 0 Å². The van der Waals surface area contributed by atoms with Crippen molar-refractivity contribution in [3.8, 4) is 23.6 Å². The lowest BCUT2D eigenvalue weighted by Gasteiger charge is -2.25. The molecule has 0 saturated heterocycles. The molecule has 0 aromatic carbocycles. The summed E-state index contributed by atoms with van der Waals surface area (Å²) in [6.45, 7) is 1.77. The van der Waals surface area contributed by atoms with Gasteiger partial charge in [-0.3, -0.25) is 0 Å². The number of anilines is 1. The predicted molar refractivity (Wildman–Crippen MR) is 130 cm³/mol. The molecule has 0 aliphatic heterocycles. The third-order valence-corrected chi connectivity index (χ3v) is 6.64. The van der Waals surface area contributed by atoms with Gasteiger partial charge in [-0.2, -0.15) is 20.3 Å². The van der Waals surface area contributed by atoms with E-state index in [4.69, 9.17) is 5.26 Å². The second-order valence-electron chi connectivity index (χ2n) is 9.07. The summed E-state index contributed by atoms with van der Waals surface area (Å²) >= 11 is 0. The summed E-state index contributed by atoms with van der Waals surface area (Å²) in [7, 11) is 0. The topological polar surface area (TPSA) is 151 Å². The summed E-state index contributed by atoms with van der Waals surface area (Å²) in [6, 6.07) is 7.33. The lowest BCUT2D eigenvalue weighted by atomic mass is 9.79. The van der Waals surface area contributed by atoms with Gasteiger partial charge < -0.3 is 10.1 Å². The van der Waals surface area contributed by atoms with Gasteiger partial charge in [-0.1, -0.05) is 5.21 Å². The van der Waals surface area contributed by atoms with Gasteiger partial charge in [0.15, 0.2) is 11.5 Å². The second-order valence-corrected chi connectivity index (χ2v) is 9.07. The fraction of sp³-hybridized carbons (Fsp3) is 0.360. The van der Waals surface area contributed by atoms with Crippen molar-refractivity contribution >= 4 is 23.0 Å². The molecule has 11 heteroatoms. The van der Waals surface area contributed by atoms with E-state index in [2.05, 4.69) is 42.8 Å². The van der Waals surface area contributed by atoms with E-state index in [0.717, 1.165) is 43.0 Å². The summed E-state index contributed by atoms with van der Waals surface area (Å²) in [6.07, 6.45) is 12.4. The van der Waals surface area contributed by atoms with Gasteiger partial charge in [-0.25, -0.2) is 14.6 Å². The molecule has 180 valence electrons. The average Bonchev–Trinajstić information content (AvgIpc) is 3.56. The van der Waals surface area contributed by atoms with Gasteiger partial charge in [-0.05, 0) is 44.6 Å². The molecule has 11 nitrogen and oxygen atoms in total. The van der Waals surface area contributed by atoms with Crippen LogP contribution in [0.3, 0.4) is 0 Å². The Kier molecular flexibility index (Phi) is 6.37. The maximum Gasteiger partial charge on any atom is 0.164 e. The van der Waals surface area contributed by atoms with Crippen molar-refractivity contribution in [3.63, 3.8) is 0 Å². The van der Waals surface area contributed by atoms with Crippen LogP contribution < -0.4 is 5.32 Å². The van der Waals surface area contributed by atoms with E-state index >= 15 is 0 Å². The molecular formula is C25H24N10O. The molecule has 36 heavy (non-hydrogen) atoms. The molecule has 1 fully saturated rings. The largest absolute Gasteiger partial charge is 0.368 e. The van der Waals surface area contributed by atoms with Gasteiger partial charge in [0, 0.05) is 30.0 Å². The molecule has 1 atom stereocenters. The molecule has 1 aliphatic carbocycles. The minimum absolute atomic E-state index is 0.308. The van der Waals surface area contributed by atoms with Crippen molar-refractivity contribution in [3.05, 3.63) is 48.2 Å². The molecule has 1 aliphatic rings. The van der Waals surface area contributed by atoms with E-state index in [9.17, 15) is 10.1 Å². The van der Waals surface area contributed by atoms with E-state index in [0.29, 0.717) is 46.7 Å². The molecule has 4 aromatic rings. The van der Waals surface area contributed by atoms with Gasteiger partial charge in [0.25, 0.3) is 0 Å². The van der Waals surface area contributed by atoms with Gasteiger partial charge in [0.2, 0.25) is 0 Å². The molecule has 4 heterocycles. The normalized spacial score (nSPS) is 18.3. The van der Waals surface area contributed by atoms with Crippen LogP contribution in [0.15, 0.2) is 36.9 Å². The third kappa shape index (κ3) is 4.51. The molecular weight excluding hydrogens is 456 g/mol. The number of nitrogens with zero attached hydrogens (tertiary/aromatic N) is 9. The Bertz CT molecular complexity index is 1480.